The van der Waals surface area contributed by atoms with Gasteiger partial charge in [0.1, 0.15) is 16.4 Å². The summed E-state index contributed by atoms with van der Waals surface area (Å²) < 4.78 is 20.3. The minimum Gasteiger partial charge on any atom is -0.495 e. The van der Waals surface area contributed by atoms with Gasteiger partial charge in [0.05, 0.1) is 29.9 Å². The summed E-state index contributed by atoms with van der Waals surface area (Å²) in [6.45, 7) is 2.40. The lowest BCUT2D eigenvalue weighted by Crippen LogP contribution is -2.11. The fourth-order valence-electron chi connectivity index (χ4n) is 3.06. The van der Waals surface area contributed by atoms with Crippen molar-refractivity contribution in [2.24, 2.45) is 0 Å². The van der Waals surface area contributed by atoms with Gasteiger partial charge in [0, 0.05) is 10.4 Å². The predicted molar refractivity (Wildman–Crippen MR) is 114 cm³/mol. The Kier molecular flexibility index (Phi) is 5.25. The lowest BCUT2D eigenvalue weighted by molar-refractivity contribution is 0.103. The highest BCUT2D eigenvalue weighted by Crippen LogP contribution is 2.32. The number of benzene rings is 2. The highest BCUT2D eigenvalue weighted by atomic mass is 35.5. The molecule has 0 radical (unpaired) electrons. The summed E-state index contributed by atoms with van der Waals surface area (Å²) in [5.74, 6) is 0.00379. The number of amides is 1. The number of ether oxygens (including phenoxy) is 1. The van der Waals surface area contributed by atoms with Crippen molar-refractivity contribution in [3.8, 4) is 5.75 Å². The van der Waals surface area contributed by atoms with Crippen molar-refractivity contribution in [3.05, 3.63) is 75.5 Å². The largest absolute Gasteiger partial charge is 0.495 e. The zero-order valence-corrected chi connectivity index (χ0v) is 17.3. The normalized spacial score (nSPS) is 11.0. The van der Waals surface area contributed by atoms with Gasteiger partial charge in [-0.15, -0.1) is 11.3 Å². The molecule has 2 aromatic carbocycles. The van der Waals surface area contributed by atoms with Crippen LogP contribution in [0.2, 0.25) is 5.02 Å². The van der Waals surface area contributed by atoms with Gasteiger partial charge in [0.25, 0.3) is 5.91 Å². The van der Waals surface area contributed by atoms with Gasteiger partial charge < -0.3 is 10.1 Å². The fourth-order valence-corrected chi connectivity index (χ4v) is 4.28. The molecular formula is C21H17ClFN3O2S. The summed E-state index contributed by atoms with van der Waals surface area (Å²) in [5.41, 5.74) is 2.27. The number of hydrogen-bond acceptors (Lipinski definition) is 4. The first-order chi connectivity index (χ1) is 13.9. The van der Waals surface area contributed by atoms with E-state index in [1.807, 2.05) is 17.7 Å². The lowest BCUT2D eigenvalue weighted by atomic mass is 10.2. The van der Waals surface area contributed by atoms with Crippen molar-refractivity contribution in [2.45, 2.75) is 13.5 Å². The first kappa shape index (κ1) is 19.4. The zero-order chi connectivity index (χ0) is 20.5. The van der Waals surface area contributed by atoms with Gasteiger partial charge in [-0.05, 0) is 48.9 Å². The molecule has 0 bridgehead atoms. The maximum Gasteiger partial charge on any atom is 0.265 e. The Morgan fingerprint density at radius 3 is 2.72 bits per heavy atom. The molecule has 0 atom stereocenters. The predicted octanol–water partition coefficient (Wildman–Crippen LogP) is 5.51. The maximum atomic E-state index is 13.2. The molecule has 5 nitrogen and oxygen atoms in total. The Hall–Kier alpha value is -2.90. The Morgan fingerprint density at radius 2 is 2.00 bits per heavy atom. The van der Waals surface area contributed by atoms with Crippen LogP contribution in [0.5, 0.6) is 5.75 Å². The number of nitrogens with one attached hydrogen (secondary N) is 1. The van der Waals surface area contributed by atoms with E-state index in [0.29, 0.717) is 27.9 Å². The van der Waals surface area contributed by atoms with E-state index in [2.05, 4.69) is 10.4 Å². The molecule has 1 N–H and O–H groups in total. The monoisotopic (exact) mass is 429 g/mol. The van der Waals surface area contributed by atoms with Crippen molar-refractivity contribution >= 4 is 44.7 Å². The summed E-state index contributed by atoms with van der Waals surface area (Å²) in [4.78, 5) is 14.2. The van der Waals surface area contributed by atoms with E-state index < -0.39 is 0 Å². The Labute approximate surface area is 175 Å². The quantitative estimate of drug-likeness (QED) is 0.455. The Morgan fingerprint density at radius 1 is 1.24 bits per heavy atom. The van der Waals surface area contributed by atoms with Crippen molar-refractivity contribution in [1.82, 2.24) is 9.78 Å². The third-order valence-electron chi connectivity index (χ3n) is 4.49. The molecule has 0 fully saturated rings. The van der Waals surface area contributed by atoms with E-state index in [1.54, 1.807) is 30.3 Å². The average Bonchev–Trinajstić information content (AvgIpc) is 3.25. The molecule has 29 heavy (non-hydrogen) atoms. The molecule has 4 rings (SSSR count). The van der Waals surface area contributed by atoms with E-state index in [-0.39, 0.29) is 11.7 Å². The van der Waals surface area contributed by atoms with Gasteiger partial charge in [-0.1, -0.05) is 23.7 Å². The van der Waals surface area contributed by atoms with Crippen LogP contribution in [0, 0.1) is 12.7 Å². The average molecular weight is 430 g/mol. The topological polar surface area (TPSA) is 56.1 Å². The number of aromatic nitrogens is 2. The summed E-state index contributed by atoms with van der Waals surface area (Å²) in [6.07, 6.45) is 0. The highest BCUT2D eigenvalue weighted by Gasteiger charge is 2.18. The molecule has 0 aliphatic heterocycles. The number of thiophene rings is 1. The molecule has 2 heterocycles. The summed E-state index contributed by atoms with van der Waals surface area (Å²) in [5, 5.41) is 8.83. The molecule has 0 saturated heterocycles. The van der Waals surface area contributed by atoms with Crippen LogP contribution in [0.4, 0.5) is 10.1 Å². The molecule has 0 aliphatic carbocycles. The van der Waals surface area contributed by atoms with Gasteiger partial charge in [0.15, 0.2) is 0 Å². The molecule has 0 unspecified atom stereocenters. The number of methoxy groups -OCH3 is 1. The van der Waals surface area contributed by atoms with Crippen LogP contribution in [0.3, 0.4) is 0 Å². The SMILES string of the molecule is COc1ccc(Cl)cc1NC(=O)c1cc2c(C)nn(Cc3ccc(F)cc3)c2s1. The number of nitrogens with zero attached hydrogens (tertiary/aromatic N) is 2. The van der Waals surface area contributed by atoms with Crippen LogP contribution in [0.15, 0.2) is 48.5 Å². The van der Waals surface area contributed by atoms with Crippen molar-refractivity contribution in [1.29, 1.82) is 0 Å². The zero-order valence-electron chi connectivity index (χ0n) is 15.7. The smallest absolute Gasteiger partial charge is 0.265 e. The van der Waals surface area contributed by atoms with Crippen LogP contribution < -0.4 is 10.1 Å². The van der Waals surface area contributed by atoms with Gasteiger partial charge in [0.2, 0.25) is 0 Å². The van der Waals surface area contributed by atoms with E-state index in [9.17, 15) is 9.18 Å². The van der Waals surface area contributed by atoms with Gasteiger partial charge in [-0.2, -0.15) is 5.10 Å². The third kappa shape index (κ3) is 3.97. The number of carbonyl (C=O) groups excluding carboxylic acids is 1. The summed E-state index contributed by atoms with van der Waals surface area (Å²) in [7, 11) is 1.53. The van der Waals surface area contributed by atoms with Gasteiger partial charge in [-0.3, -0.25) is 9.48 Å². The minimum absolute atomic E-state index is 0.250. The maximum absolute atomic E-state index is 13.2. The standard InChI is InChI=1S/C21H17ClFN3O2S/c1-12-16-10-19(20(27)24-17-9-14(22)5-8-18(17)28-2)29-21(16)26(25-12)11-13-3-6-15(23)7-4-13/h3-10H,11H2,1-2H3,(H,24,27). The minimum atomic E-state index is -0.276. The molecule has 2 aromatic heterocycles. The van der Waals surface area contributed by atoms with Crippen molar-refractivity contribution < 1.29 is 13.9 Å². The molecule has 1 amide bonds. The molecule has 0 aliphatic rings. The number of aryl methyl sites for hydroxylation is 1. The van der Waals surface area contributed by atoms with Crippen LogP contribution in [0.1, 0.15) is 20.9 Å². The molecule has 4 aromatic rings. The lowest BCUT2D eigenvalue weighted by Gasteiger charge is -2.09. The number of anilines is 1. The van der Waals surface area contributed by atoms with Crippen molar-refractivity contribution in [2.75, 3.05) is 12.4 Å². The number of halogens is 2. The van der Waals surface area contributed by atoms with E-state index in [1.165, 1.54) is 30.6 Å². The highest BCUT2D eigenvalue weighted by molar-refractivity contribution is 7.20. The summed E-state index contributed by atoms with van der Waals surface area (Å²) in [6, 6.07) is 13.2. The molecule has 0 saturated carbocycles. The third-order valence-corrected chi connectivity index (χ3v) is 5.87. The molecule has 0 spiro atoms. The molecule has 8 heteroatoms. The van der Waals surface area contributed by atoms with Crippen LogP contribution in [0.25, 0.3) is 10.2 Å². The Bertz CT molecular complexity index is 1200. The first-order valence-corrected chi connectivity index (χ1v) is 10.0. The van der Waals surface area contributed by atoms with E-state index in [0.717, 1.165) is 21.5 Å². The Balaban J connectivity index is 1.63. The second-order valence-corrected chi connectivity index (χ2v) is 7.96. The van der Waals surface area contributed by atoms with E-state index >= 15 is 0 Å². The van der Waals surface area contributed by atoms with Crippen LogP contribution >= 0.6 is 22.9 Å². The number of rotatable bonds is 5. The first-order valence-electron chi connectivity index (χ1n) is 8.81. The molecule has 148 valence electrons. The molecular weight excluding hydrogens is 413 g/mol. The number of hydrogen-bond donors (Lipinski definition) is 1. The number of fused-ring (bicyclic) bond motifs is 1. The second-order valence-electron chi connectivity index (χ2n) is 6.50. The summed E-state index contributed by atoms with van der Waals surface area (Å²) >= 11 is 7.39. The van der Waals surface area contributed by atoms with Crippen molar-refractivity contribution in [3.63, 3.8) is 0 Å². The number of carbonyl (C=O) groups is 1. The van der Waals surface area contributed by atoms with Gasteiger partial charge in [-0.25, -0.2) is 4.39 Å². The van der Waals surface area contributed by atoms with E-state index in [4.69, 9.17) is 16.3 Å². The van der Waals surface area contributed by atoms with Gasteiger partial charge >= 0.3 is 0 Å². The van der Waals surface area contributed by atoms with Crippen LogP contribution in [-0.4, -0.2) is 22.8 Å². The second kappa shape index (κ2) is 7.85. The fraction of sp³-hybridized carbons (Fsp3) is 0.143. The van der Waals surface area contributed by atoms with Crippen LogP contribution in [-0.2, 0) is 6.54 Å².